The van der Waals surface area contributed by atoms with E-state index in [0.717, 1.165) is 101 Å². The summed E-state index contributed by atoms with van der Waals surface area (Å²) in [6, 6.07) is 71.0. The first kappa shape index (κ1) is 33.7. The summed E-state index contributed by atoms with van der Waals surface area (Å²) >= 11 is 0. The quantitative estimate of drug-likeness (QED) is 0.178. The predicted molar refractivity (Wildman–Crippen MR) is 249 cm³/mol. The van der Waals surface area contributed by atoms with Gasteiger partial charge >= 0.3 is 0 Å². The van der Waals surface area contributed by atoms with Crippen molar-refractivity contribution < 1.29 is 9.47 Å². The Morgan fingerprint density at radius 3 is 1.36 bits per heavy atom. The molecule has 0 saturated heterocycles. The lowest BCUT2D eigenvalue weighted by molar-refractivity contribution is 0.477. The predicted octanol–water partition coefficient (Wildman–Crippen LogP) is 15.3. The number of ether oxygens (including phenoxy) is 2. The van der Waals surface area contributed by atoms with E-state index in [1.54, 1.807) is 0 Å². The second-order valence-corrected chi connectivity index (χ2v) is 15.8. The summed E-state index contributed by atoms with van der Waals surface area (Å²) in [6.45, 7) is 2.15. The van der Waals surface area contributed by atoms with Gasteiger partial charge in [-0.2, -0.15) is 0 Å². The van der Waals surface area contributed by atoms with Gasteiger partial charge in [0.05, 0.1) is 33.4 Å². The number of hydrogen-bond donors (Lipinski definition) is 0. The Hall–Kier alpha value is -8.22. The monoisotopic (exact) mass is 784 g/mol. The van der Waals surface area contributed by atoms with E-state index in [0.29, 0.717) is 0 Å². The van der Waals surface area contributed by atoms with Crippen LogP contribution in [0.1, 0.15) is 5.56 Å². The molecule has 4 heterocycles. The molecule has 11 aromatic rings. The van der Waals surface area contributed by atoms with E-state index in [-0.39, 0.29) is 0 Å². The lowest BCUT2D eigenvalue weighted by atomic mass is 10.1. The van der Waals surface area contributed by atoms with Gasteiger partial charge in [0.2, 0.25) is 0 Å². The molecule has 0 radical (unpaired) electrons. The van der Waals surface area contributed by atoms with Crippen LogP contribution in [0.5, 0.6) is 23.0 Å². The molecule has 0 amide bonds. The number of aromatic nitrogens is 2. The zero-order chi connectivity index (χ0) is 40.2. The molecule has 0 N–H and O–H groups in total. The molecule has 9 aromatic carbocycles. The second-order valence-electron chi connectivity index (χ2n) is 15.8. The first-order valence-electron chi connectivity index (χ1n) is 20.7. The first-order valence-corrected chi connectivity index (χ1v) is 20.7. The summed E-state index contributed by atoms with van der Waals surface area (Å²) < 4.78 is 18.4. The van der Waals surface area contributed by atoms with Crippen molar-refractivity contribution in [3.05, 3.63) is 206 Å². The number of fused-ring (bicyclic) bond motifs is 12. The Balaban J connectivity index is 1.10. The van der Waals surface area contributed by atoms with E-state index in [4.69, 9.17) is 9.47 Å². The molecule has 2 aromatic heterocycles. The van der Waals surface area contributed by atoms with Crippen molar-refractivity contribution >= 4 is 77.7 Å². The van der Waals surface area contributed by atoms with Crippen molar-refractivity contribution in [1.29, 1.82) is 0 Å². The fraction of sp³-hybridized carbons (Fsp3) is 0.0182. The van der Waals surface area contributed by atoms with E-state index in [1.165, 1.54) is 16.3 Å². The van der Waals surface area contributed by atoms with E-state index in [2.05, 4.69) is 208 Å². The maximum Gasteiger partial charge on any atom is 0.153 e. The normalized spacial score (nSPS) is 12.9. The third kappa shape index (κ3) is 4.90. The molecule has 0 saturated carbocycles. The number of para-hydroxylation sites is 7. The number of aryl methyl sites for hydroxylation is 1. The van der Waals surface area contributed by atoms with Crippen molar-refractivity contribution in [1.82, 2.24) is 9.13 Å². The second kappa shape index (κ2) is 12.9. The Morgan fingerprint density at radius 2 is 0.787 bits per heavy atom. The molecule has 13 rings (SSSR count). The highest BCUT2D eigenvalue weighted by molar-refractivity contribution is 6.18. The van der Waals surface area contributed by atoms with Crippen LogP contribution in [0, 0.1) is 6.92 Å². The molecule has 2 aliphatic heterocycles. The van der Waals surface area contributed by atoms with Crippen molar-refractivity contribution in [2.24, 2.45) is 0 Å². The number of hydrogen-bond acceptors (Lipinski definition) is 4. The highest BCUT2D eigenvalue weighted by Gasteiger charge is 2.33. The van der Waals surface area contributed by atoms with Gasteiger partial charge in [0.15, 0.2) is 23.0 Å². The topological polar surface area (TPSA) is 34.8 Å². The van der Waals surface area contributed by atoms with Crippen molar-refractivity contribution in [2.75, 3.05) is 9.80 Å². The maximum atomic E-state index is 6.78. The molecular formula is C55H36N4O2. The van der Waals surface area contributed by atoms with Gasteiger partial charge in [0.1, 0.15) is 11.4 Å². The summed E-state index contributed by atoms with van der Waals surface area (Å²) in [7, 11) is 0. The van der Waals surface area contributed by atoms with Crippen LogP contribution in [0.4, 0.5) is 34.1 Å². The van der Waals surface area contributed by atoms with Gasteiger partial charge in [-0.05, 0) is 116 Å². The minimum Gasteiger partial charge on any atom is -0.453 e. The lowest BCUT2D eigenvalue weighted by Gasteiger charge is -2.34. The van der Waals surface area contributed by atoms with E-state index >= 15 is 0 Å². The first-order chi connectivity index (χ1) is 30.2. The fourth-order valence-corrected chi connectivity index (χ4v) is 9.76. The molecule has 288 valence electrons. The summed E-state index contributed by atoms with van der Waals surface area (Å²) in [4.78, 5) is 4.73. The Kier molecular flexibility index (Phi) is 7.13. The van der Waals surface area contributed by atoms with Crippen LogP contribution in [-0.4, -0.2) is 9.13 Å². The van der Waals surface area contributed by atoms with E-state index in [9.17, 15) is 0 Å². The molecule has 0 unspecified atom stereocenters. The molecule has 0 spiro atoms. The van der Waals surface area contributed by atoms with Gasteiger partial charge in [-0.15, -0.1) is 0 Å². The largest absolute Gasteiger partial charge is 0.453 e. The summed E-state index contributed by atoms with van der Waals surface area (Å²) in [5.74, 6) is 3.26. The Labute approximate surface area is 351 Å². The third-order valence-electron chi connectivity index (χ3n) is 12.3. The number of rotatable bonds is 4. The Bertz CT molecular complexity index is 3580. The average molecular weight is 785 g/mol. The van der Waals surface area contributed by atoms with Crippen molar-refractivity contribution in [3.8, 4) is 34.4 Å². The summed E-state index contributed by atoms with van der Waals surface area (Å²) in [5, 5.41) is 4.65. The van der Waals surface area contributed by atoms with Crippen LogP contribution in [-0.2, 0) is 0 Å². The summed E-state index contributed by atoms with van der Waals surface area (Å²) in [5.41, 5.74) is 13.8. The fourth-order valence-electron chi connectivity index (χ4n) is 9.76. The zero-order valence-corrected chi connectivity index (χ0v) is 33.2. The average Bonchev–Trinajstić information content (AvgIpc) is 3.84. The third-order valence-corrected chi connectivity index (χ3v) is 12.3. The minimum atomic E-state index is 0.806. The number of nitrogens with zero attached hydrogens (tertiary/aromatic N) is 4. The molecule has 6 nitrogen and oxygen atoms in total. The van der Waals surface area contributed by atoms with Crippen LogP contribution < -0.4 is 19.3 Å². The molecule has 0 aliphatic carbocycles. The van der Waals surface area contributed by atoms with Gasteiger partial charge in [-0.3, -0.25) is 0 Å². The van der Waals surface area contributed by atoms with E-state index < -0.39 is 0 Å². The van der Waals surface area contributed by atoms with Crippen molar-refractivity contribution in [2.45, 2.75) is 6.92 Å². The van der Waals surface area contributed by atoms with Crippen LogP contribution in [0.2, 0.25) is 0 Å². The van der Waals surface area contributed by atoms with Crippen LogP contribution in [0.25, 0.3) is 55.0 Å². The van der Waals surface area contributed by atoms with Gasteiger partial charge in [0.25, 0.3) is 0 Å². The lowest BCUT2D eigenvalue weighted by Crippen LogP contribution is -2.17. The van der Waals surface area contributed by atoms with Gasteiger partial charge in [0, 0.05) is 44.3 Å². The highest BCUT2D eigenvalue weighted by Crippen LogP contribution is 2.56. The molecule has 0 fully saturated rings. The standard InChI is InChI=1S/C55H36N4O2/c1-35-15-13-18-37(33-35)59-47-26-10-12-28-49(47)61-51-32-30-43-41-22-6-8-24-45(41)58(53(43)55(51)59)39-20-14-19-38(34-39)57-44-23-7-5-21-40(44)42-29-31-50-54(52(42)57)56(36-16-3-2-4-17-36)46-25-9-11-27-48(46)60-50/h2-34H,1H3. The van der Waals surface area contributed by atoms with Crippen molar-refractivity contribution in [3.63, 3.8) is 0 Å². The molecule has 0 atom stereocenters. The smallest absolute Gasteiger partial charge is 0.153 e. The molecule has 0 bridgehead atoms. The molecule has 2 aliphatic rings. The van der Waals surface area contributed by atoms with Crippen LogP contribution in [0.3, 0.4) is 0 Å². The van der Waals surface area contributed by atoms with Crippen LogP contribution in [0.15, 0.2) is 200 Å². The maximum absolute atomic E-state index is 6.78. The number of anilines is 6. The van der Waals surface area contributed by atoms with Gasteiger partial charge in [-0.25, -0.2) is 0 Å². The number of benzene rings is 9. The molecular weight excluding hydrogens is 749 g/mol. The molecule has 6 heteroatoms. The highest BCUT2D eigenvalue weighted by atomic mass is 16.5. The van der Waals surface area contributed by atoms with Crippen LogP contribution >= 0.6 is 0 Å². The SMILES string of the molecule is Cc1cccc(N2c3ccccc3Oc3ccc4c5ccccc5n(-c5cccc(-n6c7ccccc7c7ccc8c(c76)N(c6ccccc6)c6ccccc6O8)c5)c4c32)c1. The minimum absolute atomic E-state index is 0.806. The molecule has 61 heavy (non-hydrogen) atoms. The Morgan fingerprint density at radius 1 is 0.328 bits per heavy atom. The van der Waals surface area contributed by atoms with Gasteiger partial charge in [-0.1, -0.05) is 97.1 Å². The van der Waals surface area contributed by atoms with Gasteiger partial charge < -0.3 is 28.4 Å². The zero-order valence-electron chi connectivity index (χ0n) is 33.2. The van der Waals surface area contributed by atoms with E-state index in [1.807, 2.05) is 18.2 Å². The summed E-state index contributed by atoms with van der Waals surface area (Å²) in [6.07, 6.45) is 0.